The Bertz CT molecular complexity index is 163. The lowest BCUT2D eigenvalue weighted by atomic mass is 10.2. The molecule has 0 aliphatic heterocycles. The highest BCUT2D eigenvalue weighted by atomic mass is 28.4. The molecule has 4 heteroatoms. The normalized spacial score (nSPS) is 14.1. The zero-order valence-electron chi connectivity index (χ0n) is 11.2. The Morgan fingerprint density at radius 2 is 1.75 bits per heavy atom. The molecule has 0 saturated heterocycles. The molecule has 0 N–H and O–H groups in total. The zero-order valence-corrected chi connectivity index (χ0v) is 12.2. The maximum atomic E-state index is 12.0. The van der Waals surface area contributed by atoms with E-state index >= 15 is 0 Å². The van der Waals surface area contributed by atoms with Gasteiger partial charge in [0.1, 0.15) is 0 Å². The van der Waals surface area contributed by atoms with Crippen LogP contribution in [0.25, 0.3) is 0 Å². The molecule has 1 atom stereocenters. The van der Waals surface area contributed by atoms with Gasteiger partial charge in [0.2, 0.25) is 0 Å². The smallest absolute Gasteiger partial charge is 0.337 e. The van der Waals surface area contributed by atoms with Crippen molar-refractivity contribution < 1.29 is 13.2 Å². The Morgan fingerprint density at radius 3 is 2.19 bits per heavy atom. The van der Waals surface area contributed by atoms with Gasteiger partial charge in [-0.1, -0.05) is 13.8 Å². The number of halogens is 1. The summed E-state index contributed by atoms with van der Waals surface area (Å²) in [5, 5.41) is 0. The van der Waals surface area contributed by atoms with E-state index in [0.29, 0.717) is 6.42 Å². The fourth-order valence-electron chi connectivity index (χ4n) is 1.87. The summed E-state index contributed by atoms with van der Waals surface area (Å²) >= 11 is 0. The van der Waals surface area contributed by atoms with Crippen LogP contribution in [0.15, 0.2) is 0 Å². The Balaban J connectivity index is 4.06. The Labute approximate surface area is 101 Å². The first kappa shape index (κ1) is 16.1. The highest BCUT2D eigenvalue weighted by Gasteiger charge is 2.34. The predicted molar refractivity (Wildman–Crippen MR) is 68.7 cm³/mol. The molecule has 0 saturated carbocycles. The molecule has 0 aromatic rings. The fraction of sp³-hybridized carbons (Fsp3) is 1.00. The molecule has 0 rings (SSSR count). The second-order valence-electron chi connectivity index (χ2n) is 4.16. The van der Waals surface area contributed by atoms with Crippen molar-refractivity contribution in [3.05, 3.63) is 0 Å². The number of alkyl halides is 1. The third kappa shape index (κ3) is 5.96. The number of rotatable bonds is 10. The number of hydrogen-bond donors (Lipinski definition) is 0. The van der Waals surface area contributed by atoms with Crippen molar-refractivity contribution >= 4 is 8.56 Å². The van der Waals surface area contributed by atoms with Gasteiger partial charge in [0.15, 0.2) is 0 Å². The van der Waals surface area contributed by atoms with Crippen LogP contribution in [0.5, 0.6) is 0 Å². The highest BCUT2D eigenvalue weighted by molar-refractivity contribution is 6.67. The summed E-state index contributed by atoms with van der Waals surface area (Å²) in [6, 6.07) is 1.98. The lowest BCUT2D eigenvalue weighted by molar-refractivity contribution is 0.119. The van der Waals surface area contributed by atoms with Gasteiger partial charge in [-0.2, -0.15) is 0 Å². The molecule has 0 aromatic carbocycles. The highest BCUT2D eigenvalue weighted by Crippen LogP contribution is 2.22. The summed E-state index contributed by atoms with van der Waals surface area (Å²) < 4.78 is 23.9. The van der Waals surface area contributed by atoms with Crippen LogP contribution < -0.4 is 0 Å². The van der Waals surface area contributed by atoms with Crippen LogP contribution in [-0.2, 0) is 8.85 Å². The number of unbranched alkanes of at least 4 members (excludes halogenated alkanes) is 1. The van der Waals surface area contributed by atoms with Crippen LogP contribution in [0.2, 0.25) is 12.1 Å². The lowest BCUT2D eigenvalue weighted by Crippen LogP contribution is -2.43. The van der Waals surface area contributed by atoms with E-state index in [2.05, 4.69) is 20.8 Å². The van der Waals surface area contributed by atoms with Crippen LogP contribution >= 0.6 is 0 Å². The third-order valence-electron chi connectivity index (χ3n) is 2.89. The van der Waals surface area contributed by atoms with Crippen molar-refractivity contribution in [2.24, 2.45) is 0 Å². The van der Waals surface area contributed by atoms with Gasteiger partial charge in [0, 0.05) is 12.7 Å². The van der Waals surface area contributed by atoms with E-state index in [-0.39, 0.29) is 12.8 Å². The van der Waals surface area contributed by atoms with Gasteiger partial charge in [0.25, 0.3) is 0 Å². The number of hydrogen-bond acceptors (Lipinski definition) is 2. The van der Waals surface area contributed by atoms with Gasteiger partial charge >= 0.3 is 8.56 Å². The summed E-state index contributed by atoms with van der Waals surface area (Å²) in [5.41, 5.74) is 0. The van der Waals surface area contributed by atoms with Gasteiger partial charge in [0.05, 0.1) is 6.67 Å². The first-order valence-electron chi connectivity index (χ1n) is 6.51. The maximum Gasteiger partial charge on any atom is 0.337 e. The van der Waals surface area contributed by atoms with Crippen molar-refractivity contribution in [2.45, 2.75) is 65.1 Å². The van der Waals surface area contributed by atoms with Crippen LogP contribution in [0, 0.1) is 0 Å². The molecule has 0 bridgehead atoms. The molecular weight excluding hydrogens is 223 g/mol. The van der Waals surface area contributed by atoms with Crippen LogP contribution in [0.3, 0.4) is 0 Å². The van der Waals surface area contributed by atoms with Gasteiger partial charge in [-0.15, -0.1) is 0 Å². The summed E-state index contributed by atoms with van der Waals surface area (Å²) in [7, 11) is -1.96. The second-order valence-corrected chi connectivity index (χ2v) is 7.92. The Kier molecular flexibility index (Phi) is 9.17. The largest absolute Gasteiger partial charge is 0.394 e. The van der Waals surface area contributed by atoms with Crippen LogP contribution in [-0.4, -0.2) is 27.9 Å². The van der Waals surface area contributed by atoms with Crippen molar-refractivity contribution in [3.8, 4) is 0 Å². The Morgan fingerprint density at radius 1 is 1.12 bits per heavy atom. The van der Waals surface area contributed by atoms with Gasteiger partial charge in [-0.05, 0) is 45.2 Å². The predicted octanol–water partition coefficient (Wildman–Crippen LogP) is 4.05. The lowest BCUT2D eigenvalue weighted by Gasteiger charge is -2.31. The Hall–Kier alpha value is 0.0669. The molecule has 0 aliphatic carbocycles. The zero-order chi connectivity index (χ0) is 12.4. The molecule has 1 unspecified atom stereocenters. The first-order chi connectivity index (χ1) is 7.64. The maximum absolute atomic E-state index is 12.0. The molecule has 0 aromatic heterocycles. The van der Waals surface area contributed by atoms with E-state index in [0.717, 1.165) is 31.5 Å². The van der Waals surface area contributed by atoms with E-state index in [4.69, 9.17) is 8.85 Å². The van der Waals surface area contributed by atoms with Gasteiger partial charge in [-0.3, -0.25) is 4.39 Å². The third-order valence-corrected chi connectivity index (χ3v) is 6.70. The minimum Gasteiger partial charge on any atom is -0.394 e. The van der Waals surface area contributed by atoms with E-state index in [1.54, 1.807) is 0 Å². The van der Waals surface area contributed by atoms with Crippen LogP contribution in [0.1, 0.15) is 47.0 Å². The SMILES string of the molecule is CCO[Si](CC)(CC)OC(C)CCCCF. The molecular formula is C12H27FO2Si. The molecule has 0 amide bonds. The minimum atomic E-state index is -1.96. The second kappa shape index (κ2) is 9.13. The summed E-state index contributed by atoms with van der Waals surface area (Å²) in [5.74, 6) is 0. The molecule has 0 fully saturated rings. The molecule has 0 heterocycles. The summed E-state index contributed by atoms with van der Waals surface area (Å²) in [6.45, 7) is 8.88. The quantitative estimate of drug-likeness (QED) is 0.430. The molecule has 2 nitrogen and oxygen atoms in total. The average Bonchev–Trinajstić information content (AvgIpc) is 2.29. The van der Waals surface area contributed by atoms with Crippen molar-refractivity contribution in [3.63, 3.8) is 0 Å². The fourth-order valence-corrected chi connectivity index (χ4v) is 4.56. The molecule has 0 aliphatic rings. The molecule has 16 heavy (non-hydrogen) atoms. The average molecular weight is 250 g/mol. The molecule has 0 radical (unpaired) electrons. The topological polar surface area (TPSA) is 18.5 Å². The van der Waals surface area contributed by atoms with Crippen molar-refractivity contribution in [1.82, 2.24) is 0 Å². The van der Waals surface area contributed by atoms with Crippen LogP contribution in [0.4, 0.5) is 4.39 Å². The minimum absolute atomic E-state index is 0.199. The summed E-state index contributed by atoms with van der Waals surface area (Å²) in [4.78, 5) is 0. The standard InChI is InChI=1S/C12H27FO2Si/c1-5-14-16(6-2,7-3)15-12(4)10-8-9-11-13/h12H,5-11H2,1-4H3. The molecule has 0 spiro atoms. The monoisotopic (exact) mass is 250 g/mol. The van der Waals surface area contributed by atoms with Gasteiger partial charge < -0.3 is 8.85 Å². The van der Waals surface area contributed by atoms with E-state index in [1.165, 1.54) is 0 Å². The first-order valence-corrected chi connectivity index (χ1v) is 8.74. The van der Waals surface area contributed by atoms with E-state index in [9.17, 15) is 4.39 Å². The van der Waals surface area contributed by atoms with Crippen molar-refractivity contribution in [1.29, 1.82) is 0 Å². The van der Waals surface area contributed by atoms with E-state index < -0.39 is 8.56 Å². The van der Waals surface area contributed by atoms with Gasteiger partial charge in [-0.25, -0.2) is 0 Å². The molecule has 98 valence electrons. The summed E-state index contributed by atoms with van der Waals surface area (Å²) in [6.07, 6.45) is 2.69. The van der Waals surface area contributed by atoms with E-state index in [1.807, 2.05) is 6.92 Å². The van der Waals surface area contributed by atoms with Crippen molar-refractivity contribution in [2.75, 3.05) is 13.3 Å².